The van der Waals surface area contributed by atoms with Crippen LogP contribution in [0.3, 0.4) is 0 Å². The van der Waals surface area contributed by atoms with Crippen molar-refractivity contribution in [3.05, 3.63) is 35.4 Å². The maximum atomic E-state index is 6.07. The zero-order valence-electron chi connectivity index (χ0n) is 11.9. The van der Waals surface area contributed by atoms with Gasteiger partial charge in [0.1, 0.15) is 0 Å². The van der Waals surface area contributed by atoms with Crippen LogP contribution in [-0.2, 0) is 13.0 Å². The zero-order valence-corrected chi connectivity index (χ0v) is 11.9. The van der Waals surface area contributed by atoms with Gasteiger partial charge in [0.2, 0.25) is 0 Å². The molecule has 1 aromatic rings. The second-order valence-electron chi connectivity index (χ2n) is 6.01. The standard InChI is InChI=1S/C16H26N2/c1-13(2)16(3,12-17)18-10-6-9-14-7-4-5-8-15(14)11-18/h4-5,7-8,13H,6,9-12,17H2,1-3H3. The molecule has 2 N–H and O–H groups in total. The molecule has 100 valence electrons. The van der Waals surface area contributed by atoms with Crippen LogP contribution in [-0.4, -0.2) is 23.5 Å². The topological polar surface area (TPSA) is 29.3 Å². The third-order valence-corrected chi connectivity index (χ3v) is 4.73. The summed E-state index contributed by atoms with van der Waals surface area (Å²) in [6.45, 7) is 9.80. The van der Waals surface area contributed by atoms with Crippen LogP contribution in [0.4, 0.5) is 0 Å². The van der Waals surface area contributed by atoms with Gasteiger partial charge < -0.3 is 5.73 Å². The molecule has 0 saturated carbocycles. The molecule has 1 heterocycles. The highest BCUT2D eigenvalue weighted by atomic mass is 15.2. The normalized spacial score (nSPS) is 20.3. The quantitative estimate of drug-likeness (QED) is 0.888. The maximum absolute atomic E-state index is 6.07. The molecule has 0 aromatic heterocycles. The van der Waals surface area contributed by atoms with Gasteiger partial charge in [-0.05, 0) is 43.4 Å². The van der Waals surface area contributed by atoms with Crippen molar-refractivity contribution < 1.29 is 0 Å². The Morgan fingerprint density at radius 3 is 2.56 bits per heavy atom. The molecule has 1 atom stereocenters. The Morgan fingerprint density at radius 2 is 1.94 bits per heavy atom. The molecule has 0 saturated heterocycles. The summed E-state index contributed by atoms with van der Waals surface area (Å²) in [4.78, 5) is 2.59. The number of fused-ring (bicyclic) bond motifs is 1. The van der Waals surface area contributed by atoms with Crippen LogP contribution >= 0.6 is 0 Å². The number of benzene rings is 1. The Hall–Kier alpha value is -0.860. The summed E-state index contributed by atoms with van der Waals surface area (Å²) >= 11 is 0. The Kier molecular flexibility index (Phi) is 4.08. The number of aryl methyl sites for hydroxylation is 1. The lowest BCUT2D eigenvalue weighted by Crippen LogP contribution is -2.54. The van der Waals surface area contributed by atoms with Crippen LogP contribution in [0, 0.1) is 5.92 Å². The first kappa shape index (κ1) is 13.6. The van der Waals surface area contributed by atoms with E-state index in [9.17, 15) is 0 Å². The van der Waals surface area contributed by atoms with Crippen LogP contribution in [0.1, 0.15) is 38.3 Å². The van der Waals surface area contributed by atoms with Crippen LogP contribution in [0.25, 0.3) is 0 Å². The van der Waals surface area contributed by atoms with Gasteiger partial charge >= 0.3 is 0 Å². The minimum Gasteiger partial charge on any atom is -0.329 e. The van der Waals surface area contributed by atoms with Gasteiger partial charge in [-0.3, -0.25) is 4.90 Å². The lowest BCUT2D eigenvalue weighted by molar-refractivity contribution is 0.0609. The molecule has 1 aromatic carbocycles. The van der Waals surface area contributed by atoms with Crippen molar-refractivity contribution in [2.75, 3.05) is 13.1 Å². The fraction of sp³-hybridized carbons (Fsp3) is 0.625. The first-order valence-electron chi connectivity index (χ1n) is 7.10. The summed E-state index contributed by atoms with van der Waals surface area (Å²) < 4.78 is 0. The summed E-state index contributed by atoms with van der Waals surface area (Å²) in [5.74, 6) is 0.577. The van der Waals surface area contributed by atoms with Gasteiger partial charge in [0.15, 0.2) is 0 Å². The molecular formula is C16H26N2. The molecule has 0 bridgehead atoms. The van der Waals surface area contributed by atoms with E-state index in [1.54, 1.807) is 0 Å². The Morgan fingerprint density at radius 1 is 1.28 bits per heavy atom. The minimum absolute atomic E-state index is 0.109. The maximum Gasteiger partial charge on any atom is 0.0329 e. The fourth-order valence-electron chi connectivity index (χ4n) is 2.87. The van der Waals surface area contributed by atoms with E-state index in [-0.39, 0.29) is 5.54 Å². The average molecular weight is 246 g/mol. The highest BCUT2D eigenvalue weighted by Crippen LogP contribution is 2.29. The molecule has 2 heteroatoms. The summed E-state index contributed by atoms with van der Waals surface area (Å²) in [6.07, 6.45) is 2.44. The molecule has 1 aliphatic heterocycles. The molecule has 0 radical (unpaired) electrons. The van der Waals surface area contributed by atoms with Crippen molar-refractivity contribution in [3.8, 4) is 0 Å². The van der Waals surface area contributed by atoms with Gasteiger partial charge in [-0.25, -0.2) is 0 Å². The van der Waals surface area contributed by atoms with E-state index in [0.29, 0.717) is 5.92 Å². The van der Waals surface area contributed by atoms with E-state index in [2.05, 4.69) is 49.9 Å². The van der Waals surface area contributed by atoms with E-state index in [0.717, 1.165) is 19.6 Å². The van der Waals surface area contributed by atoms with Crippen LogP contribution in [0.15, 0.2) is 24.3 Å². The summed E-state index contributed by atoms with van der Waals surface area (Å²) in [6, 6.07) is 8.84. The van der Waals surface area contributed by atoms with E-state index < -0.39 is 0 Å². The lowest BCUT2D eigenvalue weighted by Gasteiger charge is -2.43. The number of hydrogen-bond donors (Lipinski definition) is 1. The lowest BCUT2D eigenvalue weighted by atomic mass is 9.86. The van der Waals surface area contributed by atoms with E-state index in [4.69, 9.17) is 5.73 Å². The molecule has 0 spiro atoms. The molecule has 0 fully saturated rings. The van der Waals surface area contributed by atoms with Crippen molar-refractivity contribution in [1.29, 1.82) is 0 Å². The van der Waals surface area contributed by atoms with Gasteiger partial charge in [0, 0.05) is 18.6 Å². The van der Waals surface area contributed by atoms with E-state index in [1.807, 2.05) is 0 Å². The Labute approximate surface area is 111 Å². The summed E-state index contributed by atoms with van der Waals surface area (Å²) in [5, 5.41) is 0. The highest BCUT2D eigenvalue weighted by molar-refractivity contribution is 5.28. The van der Waals surface area contributed by atoms with Crippen LogP contribution in [0.5, 0.6) is 0 Å². The Balaban J connectivity index is 2.27. The Bertz CT molecular complexity index is 400. The minimum atomic E-state index is 0.109. The first-order valence-corrected chi connectivity index (χ1v) is 7.10. The molecule has 1 aliphatic rings. The van der Waals surface area contributed by atoms with E-state index >= 15 is 0 Å². The average Bonchev–Trinajstić information content (AvgIpc) is 2.59. The third-order valence-electron chi connectivity index (χ3n) is 4.73. The molecule has 2 nitrogen and oxygen atoms in total. The van der Waals surface area contributed by atoms with Crippen molar-refractivity contribution in [1.82, 2.24) is 4.90 Å². The van der Waals surface area contributed by atoms with Crippen LogP contribution in [0.2, 0.25) is 0 Å². The fourth-order valence-corrected chi connectivity index (χ4v) is 2.87. The molecular weight excluding hydrogens is 220 g/mol. The predicted molar refractivity (Wildman–Crippen MR) is 77.5 cm³/mol. The van der Waals surface area contributed by atoms with Gasteiger partial charge in [0.05, 0.1) is 0 Å². The van der Waals surface area contributed by atoms with Gasteiger partial charge in [-0.15, -0.1) is 0 Å². The molecule has 2 rings (SSSR count). The van der Waals surface area contributed by atoms with Crippen molar-refractivity contribution in [3.63, 3.8) is 0 Å². The summed E-state index contributed by atoms with van der Waals surface area (Å²) in [7, 11) is 0. The number of hydrogen-bond acceptors (Lipinski definition) is 2. The largest absolute Gasteiger partial charge is 0.329 e. The van der Waals surface area contributed by atoms with Gasteiger partial charge in [0.25, 0.3) is 0 Å². The first-order chi connectivity index (χ1) is 8.58. The summed E-state index contributed by atoms with van der Waals surface area (Å²) in [5.41, 5.74) is 9.18. The third kappa shape index (κ3) is 2.45. The number of nitrogens with two attached hydrogens (primary N) is 1. The van der Waals surface area contributed by atoms with Crippen molar-refractivity contribution in [2.24, 2.45) is 11.7 Å². The van der Waals surface area contributed by atoms with E-state index in [1.165, 1.54) is 24.0 Å². The van der Waals surface area contributed by atoms with Crippen molar-refractivity contribution >= 4 is 0 Å². The highest BCUT2D eigenvalue weighted by Gasteiger charge is 2.34. The molecule has 18 heavy (non-hydrogen) atoms. The van der Waals surface area contributed by atoms with Crippen LogP contribution < -0.4 is 5.73 Å². The SMILES string of the molecule is CC(C)C(C)(CN)N1CCCc2ccccc2C1. The predicted octanol–water partition coefficient (Wildman–Crippen LogP) is 2.81. The molecule has 0 amide bonds. The second-order valence-corrected chi connectivity index (χ2v) is 6.01. The number of rotatable bonds is 3. The molecule has 0 aliphatic carbocycles. The smallest absolute Gasteiger partial charge is 0.0329 e. The van der Waals surface area contributed by atoms with Crippen molar-refractivity contribution in [2.45, 2.75) is 45.7 Å². The van der Waals surface area contributed by atoms with Gasteiger partial charge in [-0.1, -0.05) is 38.1 Å². The number of nitrogens with zero attached hydrogens (tertiary/aromatic N) is 1. The van der Waals surface area contributed by atoms with Gasteiger partial charge in [-0.2, -0.15) is 0 Å². The monoisotopic (exact) mass is 246 g/mol. The zero-order chi connectivity index (χ0) is 13.2. The molecule has 1 unspecified atom stereocenters. The second kappa shape index (κ2) is 5.41.